The summed E-state index contributed by atoms with van der Waals surface area (Å²) in [7, 11) is 0. The second kappa shape index (κ2) is 4.56. The Hall–Kier alpha value is -0.860. The maximum absolute atomic E-state index is 9.88. The molecule has 1 aliphatic heterocycles. The van der Waals surface area contributed by atoms with Crippen LogP contribution in [0.2, 0.25) is 0 Å². The molecule has 1 heterocycles. The van der Waals surface area contributed by atoms with Crippen LogP contribution in [0, 0.1) is 0 Å². The summed E-state index contributed by atoms with van der Waals surface area (Å²) in [4.78, 5) is 2.32. The summed E-state index contributed by atoms with van der Waals surface area (Å²) in [5.41, 5.74) is 2.25. The first-order valence-electron chi connectivity index (χ1n) is 6.11. The lowest BCUT2D eigenvalue weighted by atomic mass is 10.1. The molecule has 1 aromatic carbocycles. The van der Waals surface area contributed by atoms with Crippen LogP contribution in [0.5, 0.6) is 0 Å². The lowest BCUT2D eigenvalue weighted by Crippen LogP contribution is -2.29. The number of hydrogen-bond acceptors (Lipinski definition) is 2. The predicted molar refractivity (Wildman–Crippen MR) is 66.3 cm³/mol. The first-order chi connectivity index (χ1) is 7.59. The van der Waals surface area contributed by atoms with Crippen molar-refractivity contribution < 1.29 is 5.11 Å². The molecule has 16 heavy (non-hydrogen) atoms. The zero-order chi connectivity index (χ0) is 11.6. The van der Waals surface area contributed by atoms with Gasteiger partial charge >= 0.3 is 0 Å². The van der Waals surface area contributed by atoms with E-state index in [1.807, 2.05) is 6.92 Å². The third-order valence-electron chi connectivity index (χ3n) is 3.37. The fourth-order valence-corrected chi connectivity index (χ4v) is 2.31. The third kappa shape index (κ3) is 2.83. The van der Waals surface area contributed by atoms with E-state index in [-0.39, 0.29) is 0 Å². The van der Waals surface area contributed by atoms with E-state index in [1.54, 1.807) is 0 Å². The van der Waals surface area contributed by atoms with Gasteiger partial charge in [-0.05, 0) is 30.9 Å². The maximum Gasteiger partial charge on any atom is 0.0758 e. The average Bonchev–Trinajstić information content (AvgIpc) is 2.59. The molecule has 1 N–H and O–H groups in total. The van der Waals surface area contributed by atoms with Crippen molar-refractivity contribution in [1.29, 1.82) is 0 Å². The first-order valence-corrected chi connectivity index (χ1v) is 6.11. The standard InChI is InChI=1S/C14H21NO/c1-3-12-4-6-13(7-5-12)10-15-9-8-14(2,16)11-15/h4-7,16H,3,8-11H2,1-2H3. The molecule has 88 valence electrons. The smallest absolute Gasteiger partial charge is 0.0758 e. The van der Waals surface area contributed by atoms with Crippen molar-refractivity contribution in [2.24, 2.45) is 0 Å². The lowest BCUT2D eigenvalue weighted by Gasteiger charge is -2.18. The lowest BCUT2D eigenvalue weighted by molar-refractivity contribution is 0.0679. The highest BCUT2D eigenvalue weighted by Crippen LogP contribution is 2.22. The highest BCUT2D eigenvalue weighted by atomic mass is 16.3. The van der Waals surface area contributed by atoms with Crippen LogP contribution in [-0.2, 0) is 13.0 Å². The molecule has 1 fully saturated rings. The first kappa shape index (κ1) is 11.6. The zero-order valence-electron chi connectivity index (χ0n) is 10.2. The van der Waals surface area contributed by atoms with Crippen LogP contribution in [0.1, 0.15) is 31.4 Å². The molecule has 1 saturated heterocycles. The zero-order valence-corrected chi connectivity index (χ0v) is 10.2. The van der Waals surface area contributed by atoms with Gasteiger partial charge < -0.3 is 5.11 Å². The summed E-state index contributed by atoms with van der Waals surface area (Å²) in [6.07, 6.45) is 1.98. The maximum atomic E-state index is 9.88. The Morgan fingerprint density at radius 3 is 2.38 bits per heavy atom. The summed E-state index contributed by atoms with van der Waals surface area (Å²) in [5.74, 6) is 0. The van der Waals surface area contributed by atoms with E-state index in [2.05, 4.69) is 36.1 Å². The number of rotatable bonds is 3. The number of nitrogens with zero attached hydrogens (tertiary/aromatic N) is 1. The van der Waals surface area contributed by atoms with E-state index in [0.29, 0.717) is 0 Å². The molecule has 0 saturated carbocycles. The molecular formula is C14H21NO. The molecule has 0 radical (unpaired) electrons. The van der Waals surface area contributed by atoms with E-state index >= 15 is 0 Å². The minimum atomic E-state index is -0.483. The van der Waals surface area contributed by atoms with Gasteiger partial charge in [-0.25, -0.2) is 0 Å². The van der Waals surface area contributed by atoms with Crippen molar-refractivity contribution in [1.82, 2.24) is 4.90 Å². The molecule has 0 spiro atoms. The molecule has 1 unspecified atom stereocenters. The van der Waals surface area contributed by atoms with Crippen LogP contribution in [-0.4, -0.2) is 28.7 Å². The summed E-state index contributed by atoms with van der Waals surface area (Å²) in [5, 5.41) is 9.88. The molecule has 1 aromatic rings. The largest absolute Gasteiger partial charge is 0.389 e. The van der Waals surface area contributed by atoms with Gasteiger partial charge in [0, 0.05) is 19.6 Å². The Bertz CT molecular complexity index is 342. The molecular weight excluding hydrogens is 198 g/mol. The topological polar surface area (TPSA) is 23.5 Å². The number of aliphatic hydroxyl groups is 1. The molecule has 2 nitrogen and oxygen atoms in total. The Morgan fingerprint density at radius 1 is 1.25 bits per heavy atom. The van der Waals surface area contributed by atoms with Crippen LogP contribution in [0.4, 0.5) is 0 Å². The van der Waals surface area contributed by atoms with Gasteiger partial charge in [-0.1, -0.05) is 31.2 Å². The Labute approximate surface area is 97.9 Å². The Morgan fingerprint density at radius 2 is 1.88 bits per heavy atom. The van der Waals surface area contributed by atoms with Gasteiger partial charge in [-0.2, -0.15) is 0 Å². The summed E-state index contributed by atoms with van der Waals surface area (Å²) >= 11 is 0. The van der Waals surface area contributed by atoms with Crippen LogP contribution < -0.4 is 0 Å². The number of hydrogen-bond donors (Lipinski definition) is 1. The Kier molecular flexibility index (Phi) is 3.31. The van der Waals surface area contributed by atoms with Gasteiger partial charge in [0.2, 0.25) is 0 Å². The van der Waals surface area contributed by atoms with Crippen molar-refractivity contribution in [3.8, 4) is 0 Å². The fraction of sp³-hybridized carbons (Fsp3) is 0.571. The minimum Gasteiger partial charge on any atom is -0.389 e. The second-order valence-corrected chi connectivity index (χ2v) is 5.13. The van der Waals surface area contributed by atoms with Crippen LogP contribution >= 0.6 is 0 Å². The second-order valence-electron chi connectivity index (χ2n) is 5.13. The molecule has 1 atom stereocenters. The number of likely N-dealkylation sites (tertiary alicyclic amines) is 1. The van der Waals surface area contributed by atoms with Crippen LogP contribution in [0.3, 0.4) is 0 Å². The fourth-order valence-electron chi connectivity index (χ4n) is 2.31. The monoisotopic (exact) mass is 219 g/mol. The molecule has 0 bridgehead atoms. The van der Waals surface area contributed by atoms with Gasteiger partial charge in [0.15, 0.2) is 0 Å². The summed E-state index contributed by atoms with van der Waals surface area (Å²) in [6, 6.07) is 8.80. The quantitative estimate of drug-likeness (QED) is 0.842. The van der Waals surface area contributed by atoms with E-state index < -0.39 is 5.60 Å². The number of benzene rings is 1. The van der Waals surface area contributed by atoms with E-state index in [0.717, 1.165) is 32.5 Å². The van der Waals surface area contributed by atoms with Crippen LogP contribution in [0.25, 0.3) is 0 Å². The minimum absolute atomic E-state index is 0.483. The third-order valence-corrected chi connectivity index (χ3v) is 3.37. The molecule has 2 rings (SSSR count). The van der Waals surface area contributed by atoms with Crippen LogP contribution in [0.15, 0.2) is 24.3 Å². The van der Waals surface area contributed by atoms with E-state index in [4.69, 9.17) is 0 Å². The molecule has 0 amide bonds. The Balaban J connectivity index is 1.94. The highest BCUT2D eigenvalue weighted by molar-refractivity contribution is 5.22. The predicted octanol–water partition coefficient (Wildman–Crippen LogP) is 2.21. The SMILES string of the molecule is CCc1ccc(CN2CCC(C)(O)C2)cc1. The van der Waals surface area contributed by atoms with E-state index in [1.165, 1.54) is 11.1 Å². The van der Waals surface area contributed by atoms with Crippen molar-refractivity contribution in [2.45, 2.75) is 38.8 Å². The highest BCUT2D eigenvalue weighted by Gasteiger charge is 2.30. The molecule has 0 aliphatic carbocycles. The number of aryl methyl sites for hydroxylation is 1. The van der Waals surface area contributed by atoms with Gasteiger partial charge in [0.05, 0.1) is 5.60 Å². The molecule has 2 heteroatoms. The number of β-amino-alcohol motifs (C(OH)–C–C–N with tert-alkyl or cyclic N) is 1. The van der Waals surface area contributed by atoms with Crippen molar-refractivity contribution in [2.75, 3.05) is 13.1 Å². The van der Waals surface area contributed by atoms with Crippen molar-refractivity contribution >= 4 is 0 Å². The van der Waals surface area contributed by atoms with Gasteiger partial charge in [-0.15, -0.1) is 0 Å². The molecule has 1 aliphatic rings. The van der Waals surface area contributed by atoms with Gasteiger partial charge in [0.25, 0.3) is 0 Å². The normalized spacial score (nSPS) is 26.2. The summed E-state index contributed by atoms with van der Waals surface area (Å²) < 4.78 is 0. The average molecular weight is 219 g/mol. The van der Waals surface area contributed by atoms with Gasteiger partial charge in [0.1, 0.15) is 0 Å². The summed E-state index contributed by atoms with van der Waals surface area (Å²) in [6.45, 7) is 6.85. The van der Waals surface area contributed by atoms with E-state index in [9.17, 15) is 5.11 Å². The molecule has 0 aromatic heterocycles. The van der Waals surface area contributed by atoms with Crippen molar-refractivity contribution in [3.05, 3.63) is 35.4 Å². The van der Waals surface area contributed by atoms with Crippen molar-refractivity contribution in [3.63, 3.8) is 0 Å². The van der Waals surface area contributed by atoms with Gasteiger partial charge in [-0.3, -0.25) is 4.90 Å².